The van der Waals surface area contributed by atoms with Crippen LogP contribution in [0.2, 0.25) is 5.02 Å². The van der Waals surface area contributed by atoms with E-state index < -0.39 is 0 Å². The van der Waals surface area contributed by atoms with Crippen LogP contribution in [-0.4, -0.2) is 11.0 Å². The Kier molecular flexibility index (Phi) is 5.23. The molecule has 1 amide bonds. The minimum atomic E-state index is -0.258. The molecule has 4 nitrogen and oxygen atoms in total. The summed E-state index contributed by atoms with van der Waals surface area (Å²) in [6.07, 6.45) is 0. The molecule has 6 heteroatoms. The molecule has 0 aliphatic heterocycles. The maximum absolute atomic E-state index is 12.3. The fourth-order valence-corrected chi connectivity index (χ4v) is 2.90. The third-order valence-corrected chi connectivity index (χ3v) is 4.42. The first-order valence-electron chi connectivity index (χ1n) is 7.13. The lowest BCUT2D eigenvalue weighted by molar-refractivity contribution is 0.102. The van der Waals surface area contributed by atoms with Crippen LogP contribution in [0.5, 0.6) is 0 Å². The maximum atomic E-state index is 12.3. The quantitative estimate of drug-likeness (QED) is 0.550. The largest absolute Gasteiger partial charge is 0.459 e. The number of hydrogen-bond acceptors (Lipinski definition) is 3. The molecule has 0 unspecified atom stereocenters. The molecule has 0 atom stereocenters. The number of amides is 1. The number of furan rings is 1. The van der Waals surface area contributed by atoms with Gasteiger partial charge in [0.1, 0.15) is 18.1 Å². The van der Waals surface area contributed by atoms with E-state index in [4.69, 9.17) is 21.1 Å². The average Bonchev–Trinajstić information content (AvgIpc) is 3.07. The number of benzene rings is 2. The van der Waals surface area contributed by atoms with Gasteiger partial charge in [0.15, 0.2) is 0 Å². The second-order valence-corrected chi connectivity index (χ2v) is 6.73. The van der Waals surface area contributed by atoms with Gasteiger partial charge in [0.25, 0.3) is 5.91 Å². The zero-order valence-electron chi connectivity index (χ0n) is 12.4. The van der Waals surface area contributed by atoms with E-state index in [-0.39, 0.29) is 12.5 Å². The summed E-state index contributed by atoms with van der Waals surface area (Å²) in [5.74, 6) is 0.917. The van der Waals surface area contributed by atoms with E-state index in [0.29, 0.717) is 27.8 Å². The summed E-state index contributed by atoms with van der Waals surface area (Å²) in [5.41, 5.74) is 1.96. The standard InChI is InChI=1S/C18H13ClINO3/c19-16-7-3-12(20)9-15(16)18(23)21-13-4-1-11(2-5-13)17-8-6-14(10-22)24-17/h1-9,22H,10H2,(H,21,23). The number of anilines is 1. The lowest BCUT2D eigenvalue weighted by Crippen LogP contribution is -2.12. The monoisotopic (exact) mass is 453 g/mol. The summed E-state index contributed by atoms with van der Waals surface area (Å²) in [7, 11) is 0. The van der Waals surface area contributed by atoms with Crippen molar-refractivity contribution in [3.63, 3.8) is 0 Å². The first kappa shape index (κ1) is 17.0. The van der Waals surface area contributed by atoms with Gasteiger partial charge in [-0.1, -0.05) is 11.6 Å². The van der Waals surface area contributed by atoms with Gasteiger partial charge in [0, 0.05) is 14.8 Å². The van der Waals surface area contributed by atoms with Crippen LogP contribution in [0.25, 0.3) is 11.3 Å². The maximum Gasteiger partial charge on any atom is 0.257 e. The number of nitrogens with one attached hydrogen (secondary N) is 1. The Labute approximate surface area is 157 Å². The van der Waals surface area contributed by atoms with Crippen molar-refractivity contribution >= 4 is 45.8 Å². The average molecular weight is 454 g/mol. The van der Waals surface area contributed by atoms with E-state index in [9.17, 15) is 4.79 Å². The molecule has 0 aliphatic carbocycles. The SMILES string of the molecule is O=C(Nc1ccc(-c2ccc(CO)o2)cc1)c1cc(I)ccc1Cl. The number of rotatable bonds is 4. The number of carbonyl (C=O) groups is 1. The molecule has 0 bridgehead atoms. The first-order chi connectivity index (χ1) is 11.6. The molecular weight excluding hydrogens is 441 g/mol. The topological polar surface area (TPSA) is 62.5 Å². The Bertz CT molecular complexity index is 874. The molecule has 0 aliphatic rings. The van der Waals surface area contributed by atoms with Gasteiger partial charge < -0.3 is 14.8 Å². The normalized spacial score (nSPS) is 10.6. The predicted molar refractivity (Wildman–Crippen MR) is 102 cm³/mol. The van der Waals surface area contributed by atoms with Crippen molar-refractivity contribution in [3.05, 3.63) is 74.5 Å². The van der Waals surface area contributed by atoms with E-state index in [1.54, 1.807) is 36.4 Å². The second kappa shape index (κ2) is 7.38. The molecule has 0 saturated heterocycles. The number of aliphatic hydroxyl groups excluding tert-OH is 1. The Balaban J connectivity index is 1.76. The summed E-state index contributed by atoms with van der Waals surface area (Å²) in [4.78, 5) is 12.3. The van der Waals surface area contributed by atoms with Crippen molar-refractivity contribution in [3.8, 4) is 11.3 Å². The van der Waals surface area contributed by atoms with Crippen LogP contribution in [0.4, 0.5) is 5.69 Å². The van der Waals surface area contributed by atoms with Crippen LogP contribution in [0.3, 0.4) is 0 Å². The van der Waals surface area contributed by atoms with E-state index in [0.717, 1.165) is 9.13 Å². The summed E-state index contributed by atoms with van der Waals surface area (Å²) in [5, 5.41) is 12.3. The molecule has 3 aromatic rings. The number of hydrogen-bond donors (Lipinski definition) is 2. The zero-order chi connectivity index (χ0) is 17.1. The number of carbonyl (C=O) groups excluding carboxylic acids is 1. The van der Waals surface area contributed by atoms with E-state index in [1.165, 1.54) is 0 Å². The van der Waals surface area contributed by atoms with Crippen molar-refractivity contribution in [2.75, 3.05) is 5.32 Å². The lowest BCUT2D eigenvalue weighted by atomic mass is 10.1. The van der Waals surface area contributed by atoms with Gasteiger partial charge in [-0.25, -0.2) is 0 Å². The van der Waals surface area contributed by atoms with E-state index >= 15 is 0 Å². The molecule has 0 spiro atoms. The molecule has 0 fully saturated rings. The Morgan fingerprint density at radius 1 is 1.12 bits per heavy atom. The minimum absolute atomic E-state index is 0.134. The van der Waals surface area contributed by atoms with Crippen LogP contribution in [0.1, 0.15) is 16.1 Å². The van der Waals surface area contributed by atoms with Crippen LogP contribution in [0.15, 0.2) is 59.0 Å². The Morgan fingerprint density at radius 3 is 2.54 bits per heavy atom. The first-order valence-corrected chi connectivity index (χ1v) is 8.59. The number of halogens is 2. The molecule has 2 aromatic carbocycles. The molecule has 0 saturated carbocycles. The highest BCUT2D eigenvalue weighted by Crippen LogP contribution is 2.25. The Hall–Kier alpha value is -1.83. The molecule has 3 rings (SSSR count). The fraction of sp³-hybridized carbons (Fsp3) is 0.0556. The van der Waals surface area contributed by atoms with Crippen LogP contribution in [-0.2, 0) is 6.61 Å². The second-order valence-electron chi connectivity index (χ2n) is 5.08. The minimum Gasteiger partial charge on any atom is -0.459 e. The van der Waals surface area contributed by atoms with Crippen molar-refractivity contribution < 1.29 is 14.3 Å². The van der Waals surface area contributed by atoms with Gasteiger partial charge in [0.05, 0.1) is 10.6 Å². The number of aliphatic hydroxyl groups is 1. The Morgan fingerprint density at radius 2 is 1.88 bits per heavy atom. The van der Waals surface area contributed by atoms with Crippen LogP contribution < -0.4 is 5.32 Å². The predicted octanol–water partition coefficient (Wildman–Crippen LogP) is 4.95. The van der Waals surface area contributed by atoms with Crippen molar-refractivity contribution in [2.24, 2.45) is 0 Å². The molecule has 1 heterocycles. The molecule has 1 aromatic heterocycles. The van der Waals surface area contributed by atoms with Gasteiger partial charge in [0.2, 0.25) is 0 Å². The molecule has 0 radical (unpaired) electrons. The summed E-state index contributed by atoms with van der Waals surface area (Å²) in [6.45, 7) is -0.134. The van der Waals surface area contributed by atoms with Gasteiger partial charge in [-0.3, -0.25) is 4.79 Å². The van der Waals surface area contributed by atoms with Crippen molar-refractivity contribution in [1.29, 1.82) is 0 Å². The molecular formula is C18H13ClINO3. The van der Waals surface area contributed by atoms with Gasteiger partial charge in [-0.2, -0.15) is 0 Å². The molecule has 122 valence electrons. The van der Waals surface area contributed by atoms with Crippen molar-refractivity contribution in [1.82, 2.24) is 0 Å². The van der Waals surface area contributed by atoms with Crippen LogP contribution >= 0.6 is 34.2 Å². The lowest BCUT2D eigenvalue weighted by Gasteiger charge is -2.08. The highest BCUT2D eigenvalue weighted by atomic mass is 127. The third kappa shape index (κ3) is 3.80. The van der Waals surface area contributed by atoms with Gasteiger partial charge in [-0.15, -0.1) is 0 Å². The fourth-order valence-electron chi connectivity index (χ4n) is 2.21. The summed E-state index contributed by atoms with van der Waals surface area (Å²) in [6, 6.07) is 16.1. The summed E-state index contributed by atoms with van der Waals surface area (Å²) >= 11 is 8.22. The molecule has 2 N–H and O–H groups in total. The summed E-state index contributed by atoms with van der Waals surface area (Å²) < 4.78 is 6.42. The highest BCUT2D eigenvalue weighted by molar-refractivity contribution is 14.1. The third-order valence-electron chi connectivity index (χ3n) is 3.42. The smallest absolute Gasteiger partial charge is 0.257 e. The highest BCUT2D eigenvalue weighted by Gasteiger charge is 2.11. The van der Waals surface area contributed by atoms with Gasteiger partial charge in [-0.05, 0) is 77.2 Å². The van der Waals surface area contributed by atoms with Crippen molar-refractivity contribution in [2.45, 2.75) is 6.61 Å². The van der Waals surface area contributed by atoms with E-state index in [1.807, 2.05) is 18.2 Å². The van der Waals surface area contributed by atoms with E-state index in [2.05, 4.69) is 27.9 Å². The van der Waals surface area contributed by atoms with Gasteiger partial charge >= 0.3 is 0 Å². The molecule has 24 heavy (non-hydrogen) atoms. The van der Waals surface area contributed by atoms with Crippen LogP contribution in [0, 0.1) is 3.57 Å². The zero-order valence-corrected chi connectivity index (χ0v) is 15.3.